The van der Waals surface area contributed by atoms with Crippen molar-refractivity contribution in [2.75, 3.05) is 22.5 Å². The lowest BCUT2D eigenvalue weighted by molar-refractivity contribution is -0.117. The van der Waals surface area contributed by atoms with Crippen molar-refractivity contribution >= 4 is 28.9 Å². The fourth-order valence-electron chi connectivity index (χ4n) is 2.94. The predicted octanol–water partition coefficient (Wildman–Crippen LogP) is 4.01. The smallest absolute Gasteiger partial charge is 0.243 e. The van der Waals surface area contributed by atoms with Crippen molar-refractivity contribution in [2.45, 2.75) is 33.6 Å². The Morgan fingerprint density at radius 2 is 1.58 bits per heavy atom. The van der Waals surface area contributed by atoms with Gasteiger partial charge in [-0.05, 0) is 74.6 Å². The van der Waals surface area contributed by atoms with Gasteiger partial charge in [0.25, 0.3) is 0 Å². The molecule has 1 aliphatic rings. The lowest BCUT2D eigenvalue weighted by Gasteiger charge is -2.14. The number of amides is 2. The molecule has 3 N–H and O–H groups in total. The number of nitrogens with one attached hydrogen (secondary N) is 3. The molecule has 5 nitrogen and oxygen atoms in total. The zero-order valence-electron chi connectivity index (χ0n) is 15.5. The zero-order chi connectivity index (χ0) is 18.7. The van der Waals surface area contributed by atoms with Gasteiger partial charge >= 0.3 is 0 Å². The van der Waals surface area contributed by atoms with E-state index in [2.05, 4.69) is 22.0 Å². The maximum absolute atomic E-state index is 12.3. The maximum atomic E-state index is 12.3. The minimum absolute atomic E-state index is 0.0630. The number of benzene rings is 2. The highest BCUT2D eigenvalue weighted by atomic mass is 16.2. The summed E-state index contributed by atoms with van der Waals surface area (Å²) in [5, 5.41) is 9.02. The molecule has 0 saturated heterocycles. The van der Waals surface area contributed by atoms with Crippen LogP contribution in [0.15, 0.2) is 36.4 Å². The van der Waals surface area contributed by atoms with Gasteiger partial charge in [-0.2, -0.15) is 0 Å². The van der Waals surface area contributed by atoms with Crippen LogP contribution in [0.2, 0.25) is 0 Å². The summed E-state index contributed by atoms with van der Waals surface area (Å²) < 4.78 is 0. The molecule has 26 heavy (non-hydrogen) atoms. The molecule has 1 fully saturated rings. The molecule has 2 aromatic rings. The maximum Gasteiger partial charge on any atom is 0.243 e. The molecule has 1 saturated carbocycles. The normalized spacial score (nSPS) is 13.2. The molecular formula is C21H25N3O2. The first-order chi connectivity index (χ1) is 12.4. The first-order valence-electron chi connectivity index (χ1n) is 8.95. The molecule has 0 unspecified atom stereocenters. The summed E-state index contributed by atoms with van der Waals surface area (Å²) in [6.07, 6.45) is 1.93. The number of anilines is 3. The quantitative estimate of drug-likeness (QED) is 0.736. The van der Waals surface area contributed by atoms with E-state index in [4.69, 9.17) is 0 Å². The number of hydrogen-bond acceptors (Lipinski definition) is 3. The van der Waals surface area contributed by atoms with Gasteiger partial charge in [0.05, 0.1) is 6.54 Å². The van der Waals surface area contributed by atoms with Crippen LogP contribution in [0.1, 0.15) is 29.5 Å². The first-order valence-corrected chi connectivity index (χ1v) is 8.95. The summed E-state index contributed by atoms with van der Waals surface area (Å²) in [6.45, 7) is 6.14. The van der Waals surface area contributed by atoms with Gasteiger partial charge in [0.15, 0.2) is 0 Å². The van der Waals surface area contributed by atoms with E-state index in [1.54, 1.807) is 0 Å². The van der Waals surface area contributed by atoms with E-state index < -0.39 is 0 Å². The number of carbonyl (C=O) groups is 2. The number of rotatable bonds is 6. The van der Waals surface area contributed by atoms with Crippen molar-refractivity contribution in [3.8, 4) is 0 Å². The molecule has 2 amide bonds. The van der Waals surface area contributed by atoms with Crippen LogP contribution in [-0.4, -0.2) is 18.4 Å². The third kappa shape index (κ3) is 4.63. The van der Waals surface area contributed by atoms with Gasteiger partial charge in [0, 0.05) is 23.0 Å². The second-order valence-corrected chi connectivity index (χ2v) is 7.02. The summed E-state index contributed by atoms with van der Waals surface area (Å²) in [7, 11) is 0. The van der Waals surface area contributed by atoms with Crippen LogP contribution in [0.25, 0.3) is 0 Å². The van der Waals surface area contributed by atoms with Gasteiger partial charge in [0.2, 0.25) is 11.8 Å². The molecule has 0 atom stereocenters. The van der Waals surface area contributed by atoms with Gasteiger partial charge in [0.1, 0.15) is 0 Å². The van der Waals surface area contributed by atoms with Crippen molar-refractivity contribution in [3.63, 3.8) is 0 Å². The standard InChI is InChI=1S/C21H25N3O2/c1-13-9-14(2)11-17(10-13)22-12-20(25)23-18-5-4-6-19(15(18)3)24-21(26)16-7-8-16/h4-6,9-11,16,22H,7-8,12H2,1-3H3,(H,23,25)(H,24,26). The molecule has 0 spiro atoms. The highest BCUT2D eigenvalue weighted by molar-refractivity contribution is 5.98. The van der Waals surface area contributed by atoms with Crippen molar-refractivity contribution in [1.29, 1.82) is 0 Å². The van der Waals surface area contributed by atoms with E-state index in [0.29, 0.717) is 5.69 Å². The molecule has 0 bridgehead atoms. The number of carbonyl (C=O) groups excluding carboxylic acids is 2. The first kappa shape index (κ1) is 18.0. The lowest BCUT2D eigenvalue weighted by Crippen LogP contribution is -2.22. The minimum Gasteiger partial charge on any atom is -0.376 e. The monoisotopic (exact) mass is 351 g/mol. The third-order valence-electron chi connectivity index (χ3n) is 4.49. The van der Waals surface area contributed by atoms with Crippen LogP contribution in [0, 0.1) is 26.7 Å². The molecule has 2 aromatic carbocycles. The van der Waals surface area contributed by atoms with Crippen LogP contribution in [-0.2, 0) is 9.59 Å². The molecule has 136 valence electrons. The molecule has 3 rings (SSSR count). The van der Waals surface area contributed by atoms with E-state index in [1.165, 1.54) is 0 Å². The summed E-state index contributed by atoms with van der Waals surface area (Å²) in [6, 6.07) is 11.7. The van der Waals surface area contributed by atoms with E-state index in [1.807, 2.05) is 51.1 Å². The molecule has 0 heterocycles. The fraction of sp³-hybridized carbons (Fsp3) is 0.333. The van der Waals surface area contributed by atoms with Crippen molar-refractivity contribution in [3.05, 3.63) is 53.1 Å². The predicted molar refractivity (Wildman–Crippen MR) is 106 cm³/mol. The SMILES string of the molecule is Cc1cc(C)cc(NCC(=O)Nc2cccc(NC(=O)C3CC3)c2C)c1. The Bertz CT molecular complexity index is 821. The van der Waals surface area contributed by atoms with Gasteiger partial charge < -0.3 is 16.0 Å². The number of aryl methyl sites for hydroxylation is 2. The second kappa shape index (κ2) is 7.60. The van der Waals surface area contributed by atoms with Crippen LogP contribution in [0.4, 0.5) is 17.1 Å². The van der Waals surface area contributed by atoms with Gasteiger partial charge in [-0.3, -0.25) is 9.59 Å². The Labute approximate surface area is 154 Å². The largest absolute Gasteiger partial charge is 0.376 e. The van der Waals surface area contributed by atoms with E-state index >= 15 is 0 Å². The molecule has 0 aliphatic heterocycles. The Morgan fingerprint density at radius 3 is 2.19 bits per heavy atom. The molecule has 1 aliphatic carbocycles. The van der Waals surface area contributed by atoms with Gasteiger partial charge in [-0.15, -0.1) is 0 Å². The van der Waals surface area contributed by atoms with E-state index in [0.717, 1.165) is 40.9 Å². The Kier molecular flexibility index (Phi) is 5.26. The second-order valence-electron chi connectivity index (χ2n) is 7.02. The van der Waals surface area contributed by atoms with E-state index in [9.17, 15) is 9.59 Å². The van der Waals surface area contributed by atoms with E-state index in [-0.39, 0.29) is 24.3 Å². The highest BCUT2D eigenvalue weighted by Crippen LogP contribution is 2.31. The van der Waals surface area contributed by atoms with Crippen LogP contribution >= 0.6 is 0 Å². The van der Waals surface area contributed by atoms with Gasteiger partial charge in [-0.1, -0.05) is 12.1 Å². The fourth-order valence-corrected chi connectivity index (χ4v) is 2.94. The average Bonchev–Trinajstić information content (AvgIpc) is 3.41. The van der Waals surface area contributed by atoms with Crippen LogP contribution in [0.5, 0.6) is 0 Å². The molecule has 0 radical (unpaired) electrons. The van der Waals surface area contributed by atoms with Crippen molar-refractivity contribution < 1.29 is 9.59 Å². The van der Waals surface area contributed by atoms with Crippen LogP contribution < -0.4 is 16.0 Å². The summed E-state index contributed by atoms with van der Waals surface area (Å²) in [5.74, 6) is 0.0839. The zero-order valence-corrected chi connectivity index (χ0v) is 15.5. The Morgan fingerprint density at radius 1 is 0.962 bits per heavy atom. The molecule has 5 heteroatoms. The average molecular weight is 351 g/mol. The minimum atomic E-state index is -0.127. The summed E-state index contributed by atoms with van der Waals surface area (Å²) in [5.41, 5.74) is 5.57. The third-order valence-corrected chi connectivity index (χ3v) is 4.49. The molecule has 0 aromatic heterocycles. The Hall–Kier alpha value is -2.82. The topological polar surface area (TPSA) is 70.2 Å². The van der Waals surface area contributed by atoms with Crippen molar-refractivity contribution in [1.82, 2.24) is 0 Å². The lowest BCUT2D eigenvalue weighted by atomic mass is 10.1. The highest BCUT2D eigenvalue weighted by Gasteiger charge is 2.29. The molecular weight excluding hydrogens is 326 g/mol. The van der Waals surface area contributed by atoms with Gasteiger partial charge in [-0.25, -0.2) is 0 Å². The summed E-state index contributed by atoms with van der Waals surface area (Å²) in [4.78, 5) is 24.3. The van der Waals surface area contributed by atoms with Crippen molar-refractivity contribution in [2.24, 2.45) is 5.92 Å². The Balaban J connectivity index is 1.60. The van der Waals surface area contributed by atoms with Crippen LogP contribution in [0.3, 0.4) is 0 Å². The summed E-state index contributed by atoms with van der Waals surface area (Å²) >= 11 is 0. The number of hydrogen-bond donors (Lipinski definition) is 3.